The molecule has 1 heterocycles. The molecule has 0 aromatic rings. The molecule has 1 saturated heterocycles. The number of nitrogens with zero attached hydrogens (tertiary/aromatic N) is 1. The summed E-state index contributed by atoms with van der Waals surface area (Å²) in [7, 11) is 2.06. The predicted octanol–water partition coefficient (Wildman–Crippen LogP) is -0.654. The van der Waals surface area contributed by atoms with Crippen molar-refractivity contribution in [1.29, 1.82) is 0 Å². The molecule has 1 fully saturated rings. The number of urea groups is 1. The Kier molecular flexibility index (Phi) is 5.95. The van der Waals surface area contributed by atoms with E-state index in [9.17, 15) is 14.4 Å². The monoisotopic (exact) mass is 300 g/mol. The van der Waals surface area contributed by atoms with Gasteiger partial charge in [-0.2, -0.15) is 0 Å². The van der Waals surface area contributed by atoms with E-state index in [1.54, 1.807) is 0 Å². The number of carboxylic acid groups (broad SMARTS) is 1. The number of primary amides is 1. The number of amides is 3. The van der Waals surface area contributed by atoms with Crippen molar-refractivity contribution in [1.82, 2.24) is 15.5 Å². The molecular weight excluding hydrogens is 276 g/mol. The number of aliphatic carboxylic acids is 1. The minimum Gasteiger partial charge on any atom is -0.480 e. The van der Waals surface area contributed by atoms with Gasteiger partial charge in [0.25, 0.3) is 0 Å². The smallest absolute Gasteiger partial charge is 0.326 e. The molecule has 1 aliphatic heterocycles. The molecule has 0 aromatic carbocycles. The molecular formula is C13H24N4O4. The Morgan fingerprint density at radius 3 is 2.38 bits per heavy atom. The first-order valence-corrected chi connectivity index (χ1v) is 6.96. The average molecular weight is 300 g/mol. The number of hydrogen-bond donors (Lipinski definition) is 4. The van der Waals surface area contributed by atoms with E-state index in [2.05, 4.69) is 29.5 Å². The Hall–Kier alpha value is -1.83. The normalized spacial score (nSPS) is 19.5. The number of nitrogens with two attached hydrogens (primary N) is 1. The van der Waals surface area contributed by atoms with Crippen LogP contribution in [0.25, 0.3) is 0 Å². The first kappa shape index (κ1) is 17.2. The lowest BCUT2D eigenvalue weighted by Gasteiger charge is -2.38. The summed E-state index contributed by atoms with van der Waals surface area (Å²) in [5.41, 5.74) is 4.96. The molecule has 3 amide bonds. The molecule has 0 saturated carbocycles. The fourth-order valence-corrected chi connectivity index (χ4v) is 2.24. The highest BCUT2D eigenvalue weighted by molar-refractivity contribution is 5.87. The van der Waals surface area contributed by atoms with Crippen LogP contribution in [0.15, 0.2) is 0 Å². The molecule has 1 atom stereocenters. The minimum absolute atomic E-state index is 0.00621. The van der Waals surface area contributed by atoms with E-state index in [1.165, 1.54) is 0 Å². The summed E-state index contributed by atoms with van der Waals surface area (Å²) in [6, 6.07) is -1.89. The van der Waals surface area contributed by atoms with Crippen LogP contribution in [0, 0.1) is 5.41 Å². The van der Waals surface area contributed by atoms with Gasteiger partial charge in [0.05, 0.1) is 6.42 Å². The van der Waals surface area contributed by atoms with Gasteiger partial charge in [-0.15, -0.1) is 0 Å². The van der Waals surface area contributed by atoms with Crippen molar-refractivity contribution in [3.8, 4) is 0 Å². The molecule has 8 nitrogen and oxygen atoms in total. The molecule has 0 bridgehead atoms. The summed E-state index contributed by atoms with van der Waals surface area (Å²) in [6.45, 7) is 4.51. The molecule has 1 rings (SSSR count). The van der Waals surface area contributed by atoms with Crippen molar-refractivity contribution >= 4 is 17.9 Å². The second-order valence-electron chi connectivity index (χ2n) is 6.00. The molecule has 0 unspecified atom stereocenters. The molecule has 0 aromatic heterocycles. The quantitative estimate of drug-likeness (QED) is 0.518. The number of hydrogen-bond acceptors (Lipinski definition) is 4. The van der Waals surface area contributed by atoms with Crippen molar-refractivity contribution < 1.29 is 19.5 Å². The summed E-state index contributed by atoms with van der Waals surface area (Å²) >= 11 is 0. The van der Waals surface area contributed by atoms with Crippen LogP contribution >= 0.6 is 0 Å². The molecule has 8 heteroatoms. The second-order valence-corrected chi connectivity index (χ2v) is 6.00. The van der Waals surface area contributed by atoms with Crippen molar-refractivity contribution in [2.45, 2.75) is 32.2 Å². The molecule has 21 heavy (non-hydrogen) atoms. The lowest BCUT2D eigenvalue weighted by atomic mass is 9.80. The number of carbonyl (C=O) groups is 3. The van der Waals surface area contributed by atoms with E-state index < -0.39 is 30.4 Å². The van der Waals surface area contributed by atoms with Crippen LogP contribution in [0.3, 0.4) is 0 Å². The Balaban J connectivity index is 2.42. The zero-order valence-electron chi connectivity index (χ0n) is 12.5. The number of nitrogens with one attached hydrogen (secondary N) is 2. The van der Waals surface area contributed by atoms with E-state index in [1.807, 2.05) is 0 Å². The third-order valence-corrected chi connectivity index (χ3v) is 3.88. The van der Waals surface area contributed by atoms with Gasteiger partial charge < -0.3 is 26.4 Å². The van der Waals surface area contributed by atoms with E-state index >= 15 is 0 Å². The summed E-state index contributed by atoms with van der Waals surface area (Å²) < 4.78 is 0. The minimum atomic E-state index is -1.30. The van der Waals surface area contributed by atoms with Crippen LogP contribution in [-0.2, 0) is 9.59 Å². The Bertz CT molecular complexity index is 405. The highest BCUT2D eigenvalue weighted by Crippen LogP contribution is 2.29. The first-order chi connectivity index (χ1) is 9.72. The van der Waals surface area contributed by atoms with Crippen molar-refractivity contribution in [3.63, 3.8) is 0 Å². The zero-order valence-corrected chi connectivity index (χ0v) is 12.5. The molecule has 5 N–H and O–H groups in total. The Labute approximate surface area is 124 Å². The van der Waals surface area contributed by atoms with Crippen LogP contribution in [0.5, 0.6) is 0 Å². The van der Waals surface area contributed by atoms with Crippen molar-refractivity contribution in [2.24, 2.45) is 11.1 Å². The van der Waals surface area contributed by atoms with Gasteiger partial charge in [0.15, 0.2) is 0 Å². The molecule has 1 aliphatic rings. The van der Waals surface area contributed by atoms with Crippen LogP contribution in [0.2, 0.25) is 0 Å². The van der Waals surface area contributed by atoms with Crippen LogP contribution in [0.4, 0.5) is 4.79 Å². The molecule has 0 radical (unpaired) electrons. The fourth-order valence-electron chi connectivity index (χ4n) is 2.24. The maximum atomic E-state index is 11.7. The number of carbonyl (C=O) groups excluding carboxylic acids is 2. The topological polar surface area (TPSA) is 125 Å². The highest BCUT2D eigenvalue weighted by atomic mass is 16.4. The van der Waals surface area contributed by atoms with Crippen molar-refractivity contribution in [3.05, 3.63) is 0 Å². The van der Waals surface area contributed by atoms with Crippen molar-refractivity contribution in [2.75, 3.05) is 26.7 Å². The average Bonchev–Trinajstić information content (AvgIpc) is 2.39. The lowest BCUT2D eigenvalue weighted by molar-refractivity contribution is -0.140. The van der Waals surface area contributed by atoms with E-state index in [0.717, 1.165) is 25.9 Å². The summed E-state index contributed by atoms with van der Waals surface area (Å²) in [4.78, 5) is 35.7. The standard InChI is InChI=1S/C13H24N4O4/c1-13(3-5-17(2)6-4-13)8-15-12(21)16-9(11(19)20)7-10(14)18/h9H,3-8H2,1-2H3,(H2,14,18)(H,19,20)(H2,15,16,21)/t9-/m1/s1. The van der Waals surface area contributed by atoms with E-state index in [0.29, 0.717) is 6.54 Å². The number of piperidine rings is 1. The van der Waals surface area contributed by atoms with Gasteiger partial charge in [-0.05, 0) is 38.4 Å². The Morgan fingerprint density at radius 2 is 1.90 bits per heavy atom. The van der Waals surface area contributed by atoms with Gasteiger partial charge in [-0.25, -0.2) is 9.59 Å². The van der Waals surface area contributed by atoms with Gasteiger partial charge in [0.2, 0.25) is 5.91 Å². The number of rotatable bonds is 6. The number of likely N-dealkylation sites (tertiary alicyclic amines) is 1. The SMILES string of the molecule is CN1CCC(C)(CNC(=O)N[C@H](CC(N)=O)C(=O)O)CC1. The second kappa shape index (κ2) is 7.26. The van der Waals surface area contributed by atoms with Gasteiger partial charge in [0.1, 0.15) is 6.04 Å². The maximum Gasteiger partial charge on any atom is 0.326 e. The maximum absolute atomic E-state index is 11.7. The Morgan fingerprint density at radius 1 is 1.33 bits per heavy atom. The summed E-state index contributed by atoms with van der Waals surface area (Å²) in [5, 5.41) is 13.8. The van der Waals surface area contributed by atoms with Crippen LogP contribution in [0.1, 0.15) is 26.2 Å². The third-order valence-electron chi connectivity index (χ3n) is 3.88. The van der Waals surface area contributed by atoms with Crippen LogP contribution < -0.4 is 16.4 Å². The summed E-state index contributed by atoms with van der Waals surface area (Å²) in [6.07, 6.45) is 1.51. The van der Waals surface area contributed by atoms with E-state index in [4.69, 9.17) is 10.8 Å². The van der Waals surface area contributed by atoms with Gasteiger partial charge in [-0.1, -0.05) is 6.92 Å². The van der Waals surface area contributed by atoms with Gasteiger partial charge >= 0.3 is 12.0 Å². The first-order valence-electron chi connectivity index (χ1n) is 6.96. The van der Waals surface area contributed by atoms with Gasteiger partial charge in [0, 0.05) is 6.54 Å². The molecule has 120 valence electrons. The fraction of sp³-hybridized carbons (Fsp3) is 0.769. The largest absolute Gasteiger partial charge is 0.480 e. The van der Waals surface area contributed by atoms with E-state index in [-0.39, 0.29) is 5.41 Å². The highest BCUT2D eigenvalue weighted by Gasteiger charge is 2.30. The summed E-state index contributed by atoms with van der Waals surface area (Å²) in [5.74, 6) is -2.06. The van der Waals surface area contributed by atoms with Crippen LogP contribution in [-0.4, -0.2) is 60.6 Å². The predicted molar refractivity (Wildman–Crippen MR) is 76.6 cm³/mol. The van der Waals surface area contributed by atoms with Gasteiger partial charge in [-0.3, -0.25) is 4.79 Å². The third kappa shape index (κ3) is 5.99. The molecule has 0 aliphatic carbocycles. The number of carboxylic acids is 1. The molecule has 0 spiro atoms. The zero-order chi connectivity index (χ0) is 16.0. The lowest BCUT2D eigenvalue weighted by Crippen LogP contribution is -2.50.